The zero-order chi connectivity index (χ0) is 42.3. The van der Waals surface area contributed by atoms with Gasteiger partial charge in [-0.2, -0.15) is 9.97 Å². The summed E-state index contributed by atoms with van der Waals surface area (Å²) in [4.78, 5) is 17.3. The van der Waals surface area contributed by atoms with E-state index in [2.05, 4.69) is 68.0 Å². The molecule has 0 unspecified atom stereocenters. The van der Waals surface area contributed by atoms with Gasteiger partial charge in [0.2, 0.25) is 0 Å². The zero-order valence-corrected chi connectivity index (χ0v) is 34.5. The molecule has 0 spiro atoms. The van der Waals surface area contributed by atoms with E-state index in [0.29, 0.717) is 32.4 Å². The van der Waals surface area contributed by atoms with Crippen molar-refractivity contribution < 1.29 is 29.4 Å². The summed E-state index contributed by atoms with van der Waals surface area (Å²) in [6.45, 7) is 11.2. The van der Waals surface area contributed by atoms with E-state index < -0.39 is 62.0 Å². The van der Waals surface area contributed by atoms with Crippen molar-refractivity contribution in [3.05, 3.63) is 47.4 Å². The van der Waals surface area contributed by atoms with Crippen LogP contribution in [-0.2, 0) is 0 Å². The topological polar surface area (TPSA) is 80.4 Å². The molecule has 0 bridgehead atoms. The molecule has 0 amide bonds. The summed E-state index contributed by atoms with van der Waals surface area (Å²) in [5.74, 6) is -0.271. The molecule has 7 nitrogen and oxygen atoms in total. The molecule has 1 saturated carbocycles. The Balaban J connectivity index is 1.34. The van der Waals surface area contributed by atoms with Crippen LogP contribution in [0.25, 0.3) is 32.9 Å². The second kappa shape index (κ2) is 15.0. The van der Waals surface area contributed by atoms with Gasteiger partial charge in [-0.1, -0.05) is 60.3 Å². The maximum absolute atomic E-state index is 17.6. The van der Waals surface area contributed by atoms with Crippen molar-refractivity contribution in [1.29, 1.82) is 0 Å². The van der Waals surface area contributed by atoms with Crippen LogP contribution in [-0.4, -0.2) is 78.0 Å². The molecule has 3 saturated heterocycles. The molecule has 304 valence electrons. The Bertz CT molecular complexity index is 2350. The lowest BCUT2D eigenvalue weighted by molar-refractivity contribution is 0.107. The van der Waals surface area contributed by atoms with Crippen LogP contribution < -0.4 is 15.4 Å². The van der Waals surface area contributed by atoms with Gasteiger partial charge in [0.15, 0.2) is 17.5 Å². The van der Waals surface area contributed by atoms with Crippen molar-refractivity contribution in [2.45, 2.75) is 127 Å². The van der Waals surface area contributed by atoms with Gasteiger partial charge in [0.25, 0.3) is 0 Å². The minimum absolute atomic E-state index is 0.0595. The number of rotatable bonds is 8. The van der Waals surface area contributed by atoms with E-state index in [0.717, 1.165) is 25.3 Å². The number of benzene rings is 2. The van der Waals surface area contributed by atoms with Gasteiger partial charge in [-0.15, -0.1) is 5.54 Å². The van der Waals surface area contributed by atoms with Gasteiger partial charge in [0, 0.05) is 48.3 Å². The largest absolute Gasteiger partial charge is 0.461 e. The van der Waals surface area contributed by atoms with E-state index in [4.69, 9.17) is 10.5 Å². The third-order valence-electron chi connectivity index (χ3n) is 13.4. The number of aromatic nitrogens is 3. The second-order valence-corrected chi connectivity index (χ2v) is 23.2. The van der Waals surface area contributed by atoms with Crippen LogP contribution in [0.3, 0.4) is 0 Å². The summed E-state index contributed by atoms with van der Waals surface area (Å²) in [5, 5.41) is 0.480. The molecular weight excluding hydrogens is 752 g/mol. The number of ether oxygens (including phenoxy) is 1. The maximum Gasteiger partial charge on any atom is 0.319 e. The number of nitrogens with two attached hydrogens (primary N) is 1. The number of halogens is 5. The number of anilines is 2. The number of alkyl halides is 2. The van der Waals surface area contributed by atoms with Crippen LogP contribution in [0.2, 0.25) is 16.6 Å². The first-order chi connectivity index (χ1) is 27.9. The van der Waals surface area contributed by atoms with Crippen LogP contribution in [0.15, 0.2) is 24.4 Å². The first kappa shape index (κ1) is 37.3. The van der Waals surface area contributed by atoms with Gasteiger partial charge in [0.1, 0.15) is 44.0 Å². The number of hydrogen-bond acceptors (Lipinski definition) is 7. The smallest absolute Gasteiger partial charge is 0.319 e. The first-order valence-electron chi connectivity index (χ1n) is 21.5. The zero-order valence-electron chi connectivity index (χ0n) is 35.5. The van der Waals surface area contributed by atoms with Crippen molar-refractivity contribution in [2.75, 3.05) is 36.8 Å². The first-order valence-corrected chi connectivity index (χ1v) is 22.7. The van der Waals surface area contributed by atoms with Gasteiger partial charge < -0.3 is 15.4 Å². The molecule has 4 aliphatic rings. The Hall–Kier alpha value is -4.02. The summed E-state index contributed by atoms with van der Waals surface area (Å²) in [6, 6.07) is 2.93. The van der Waals surface area contributed by atoms with Crippen LogP contribution in [0.4, 0.5) is 33.5 Å². The Morgan fingerprint density at radius 3 is 2.47 bits per heavy atom. The molecule has 2 aromatic carbocycles. The molecule has 2 aromatic heterocycles. The molecular formula is C44H53F5N6OSi. The summed E-state index contributed by atoms with van der Waals surface area (Å²) in [7, 11) is -2.46. The number of pyridine rings is 1. The summed E-state index contributed by atoms with van der Waals surface area (Å²) in [6.07, 6.45) is 3.08. The third kappa shape index (κ3) is 6.72. The van der Waals surface area contributed by atoms with Gasteiger partial charge in [-0.3, -0.25) is 9.88 Å². The van der Waals surface area contributed by atoms with Gasteiger partial charge in [0.05, 0.1) is 25.3 Å². The number of fused-ring (bicyclic) bond motifs is 4. The standard InChI is InChI=1S/C44H53F5N6OSi/c1-24(2)57(25(3)4,26(5)6)16-12-30-35-27(18-34(46)36(30)47)17-29(50)19-32(35)39-38(49)40-33(21-51-39)42(55-15-9-7-8-11-31-37(48)41(31)55)53-43(52-40)56-23-44-13-10-14-54(44)22-28(45)20-44/h17-19,21,24-26,28,31,37,41H,7-11,13-15,20,22-23,50H2,1-6H3/t28-,31+,37-,41+,44+/m1/s1/i23D2. The van der Waals surface area contributed by atoms with Crippen molar-refractivity contribution >= 4 is 41.3 Å². The molecule has 13 heteroatoms. The minimum atomic E-state index is -2.48. The van der Waals surface area contributed by atoms with Gasteiger partial charge in [-0.25, -0.2) is 22.0 Å². The van der Waals surface area contributed by atoms with Crippen molar-refractivity contribution in [2.24, 2.45) is 5.92 Å². The van der Waals surface area contributed by atoms with E-state index in [9.17, 15) is 7.13 Å². The maximum atomic E-state index is 17.6. The Kier molecular flexibility index (Phi) is 9.79. The highest BCUT2D eigenvalue weighted by atomic mass is 28.3. The van der Waals surface area contributed by atoms with E-state index in [1.807, 2.05) is 0 Å². The van der Waals surface area contributed by atoms with Gasteiger partial charge >= 0.3 is 6.01 Å². The van der Waals surface area contributed by atoms with E-state index >= 15 is 17.6 Å². The molecule has 5 atom stereocenters. The Labute approximate surface area is 335 Å². The van der Waals surface area contributed by atoms with Crippen molar-refractivity contribution in [3.8, 4) is 28.7 Å². The Morgan fingerprint density at radius 2 is 1.74 bits per heavy atom. The normalized spacial score (nSPS) is 26.0. The van der Waals surface area contributed by atoms with Crippen molar-refractivity contribution in [3.63, 3.8) is 0 Å². The highest BCUT2D eigenvalue weighted by Crippen LogP contribution is 2.48. The fourth-order valence-electron chi connectivity index (χ4n) is 10.6. The molecule has 57 heavy (non-hydrogen) atoms. The molecule has 3 aliphatic heterocycles. The number of hydrogen-bond donors (Lipinski definition) is 1. The molecule has 4 aromatic rings. The molecule has 2 N–H and O–H groups in total. The van der Waals surface area contributed by atoms with E-state index in [1.165, 1.54) is 18.3 Å². The predicted octanol–water partition coefficient (Wildman–Crippen LogP) is 10.1. The average Bonchev–Trinajstić information content (AvgIpc) is 3.40. The monoisotopic (exact) mass is 806 g/mol. The molecule has 0 radical (unpaired) electrons. The predicted molar refractivity (Wildman–Crippen MR) is 219 cm³/mol. The van der Waals surface area contributed by atoms with Crippen LogP contribution in [0.5, 0.6) is 6.01 Å². The fourth-order valence-corrected chi connectivity index (χ4v) is 15.8. The number of nitrogens with zero attached hydrogens (tertiary/aromatic N) is 5. The summed E-state index contributed by atoms with van der Waals surface area (Å²) >= 11 is 0. The Morgan fingerprint density at radius 1 is 0.982 bits per heavy atom. The quantitative estimate of drug-likeness (QED) is 0.0822. The average molecular weight is 807 g/mol. The molecule has 8 rings (SSSR count). The lowest BCUT2D eigenvalue weighted by atomic mass is 9.95. The summed E-state index contributed by atoms with van der Waals surface area (Å²) in [5.41, 5.74) is 8.55. The van der Waals surface area contributed by atoms with Crippen LogP contribution >= 0.6 is 0 Å². The third-order valence-corrected chi connectivity index (χ3v) is 19.6. The SMILES string of the molecule is [2H]C([2H])(Oc1nc(N2CCCCC[C@H]3[C@@H](F)[C@H]32)c2cnc(-c3cc(N)cc4cc(F)c(F)c(C#C[Si](C(C)C)(C(C)C)C(C)C)c34)c(F)c2n1)[C@@]12CCCN1C[C@H](F)C2. The lowest BCUT2D eigenvalue weighted by Crippen LogP contribution is -2.43. The van der Waals surface area contributed by atoms with Gasteiger partial charge in [-0.05, 0) is 72.4 Å². The number of nitrogen functional groups attached to an aromatic ring is 1. The lowest BCUT2D eigenvalue weighted by Gasteiger charge is -2.38. The highest BCUT2D eigenvalue weighted by Gasteiger charge is 2.55. The fraction of sp³-hybridized carbons (Fsp3) is 0.568. The highest BCUT2D eigenvalue weighted by molar-refractivity contribution is 6.90. The minimum Gasteiger partial charge on any atom is -0.461 e. The summed E-state index contributed by atoms with van der Waals surface area (Å²) < 4.78 is 104. The molecule has 4 fully saturated rings. The van der Waals surface area contributed by atoms with Crippen LogP contribution in [0.1, 0.15) is 94.8 Å². The van der Waals surface area contributed by atoms with E-state index in [-0.39, 0.29) is 85.5 Å². The van der Waals surface area contributed by atoms with Crippen LogP contribution in [0, 0.1) is 34.8 Å². The second-order valence-electron chi connectivity index (χ2n) is 17.6. The van der Waals surface area contributed by atoms with E-state index in [1.54, 1.807) is 9.80 Å². The molecule has 1 aliphatic carbocycles. The molecule has 5 heterocycles. The van der Waals surface area contributed by atoms with Crippen molar-refractivity contribution in [1.82, 2.24) is 19.9 Å².